The van der Waals surface area contributed by atoms with Gasteiger partial charge in [0.15, 0.2) is 0 Å². The van der Waals surface area contributed by atoms with Crippen LogP contribution in [0.15, 0.2) is 18.3 Å². The van der Waals surface area contributed by atoms with E-state index in [9.17, 15) is 4.79 Å². The molecule has 1 N–H and O–H groups in total. The molecule has 0 spiro atoms. The number of morpholine rings is 1. The second-order valence-electron chi connectivity index (χ2n) is 6.50. The highest BCUT2D eigenvalue weighted by Gasteiger charge is 2.23. The summed E-state index contributed by atoms with van der Waals surface area (Å²) in [6, 6.07) is 3.71. The Kier molecular flexibility index (Phi) is 4.96. The number of hydrogen-bond acceptors (Lipinski definition) is 4. The fourth-order valence-corrected chi connectivity index (χ4v) is 2.27. The average Bonchev–Trinajstić information content (AvgIpc) is 2.47. The van der Waals surface area contributed by atoms with E-state index < -0.39 is 0 Å². The number of rotatable bonds is 3. The van der Waals surface area contributed by atoms with Crippen molar-refractivity contribution in [1.82, 2.24) is 9.88 Å². The molecule has 0 aromatic carbocycles. The molecule has 116 valence electrons. The summed E-state index contributed by atoms with van der Waals surface area (Å²) in [6.07, 6.45) is 1.83. The van der Waals surface area contributed by atoms with Crippen LogP contribution >= 0.6 is 0 Å². The van der Waals surface area contributed by atoms with Gasteiger partial charge in [-0.3, -0.25) is 9.69 Å². The molecule has 1 aliphatic heterocycles. The number of amides is 1. The van der Waals surface area contributed by atoms with E-state index in [1.54, 1.807) is 0 Å². The van der Waals surface area contributed by atoms with Crippen molar-refractivity contribution < 1.29 is 9.53 Å². The summed E-state index contributed by atoms with van der Waals surface area (Å²) in [5, 5.41) is 2.89. The third-order valence-corrected chi connectivity index (χ3v) is 3.85. The predicted octanol–water partition coefficient (Wildman–Crippen LogP) is 2.04. The molecule has 21 heavy (non-hydrogen) atoms. The van der Waals surface area contributed by atoms with Crippen molar-refractivity contribution in [3.63, 3.8) is 0 Å². The van der Waals surface area contributed by atoms with E-state index in [0.717, 1.165) is 18.7 Å². The topological polar surface area (TPSA) is 54.5 Å². The Morgan fingerprint density at radius 2 is 2.00 bits per heavy atom. The van der Waals surface area contributed by atoms with Crippen LogP contribution in [0.4, 0.5) is 5.82 Å². The third-order valence-electron chi connectivity index (χ3n) is 3.85. The summed E-state index contributed by atoms with van der Waals surface area (Å²) in [5.74, 6) is 0.584. The molecule has 0 saturated carbocycles. The van der Waals surface area contributed by atoms with Crippen molar-refractivity contribution in [3.05, 3.63) is 23.9 Å². The zero-order valence-electron chi connectivity index (χ0n) is 13.3. The van der Waals surface area contributed by atoms with Crippen LogP contribution in [0.25, 0.3) is 0 Å². The van der Waals surface area contributed by atoms with Crippen molar-refractivity contribution in [2.45, 2.75) is 39.2 Å². The Morgan fingerprint density at radius 1 is 1.33 bits per heavy atom. The largest absolute Gasteiger partial charge is 0.379 e. The Bertz CT molecular complexity index is 473. The number of ether oxygens (including phenoxy) is 1. The van der Waals surface area contributed by atoms with Crippen molar-refractivity contribution in [1.29, 1.82) is 0 Å². The van der Waals surface area contributed by atoms with Crippen LogP contribution in [0.2, 0.25) is 0 Å². The second kappa shape index (κ2) is 6.54. The quantitative estimate of drug-likeness (QED) is 0.926. The monoisotopic (exact) mass is 291 g/mol. The Labute approximate surface area is 126 Å². The maximum absolute atomic E-state index is 12.3. The minimum Gasteiger partial charge on any atom is -0.379 e. The normalized spacial score (nSPS) is 18.3. The van der Waals surface area contributed by atoms with Gasteiger partial charge in [-0.2, -0.15) is 0 Å². The zero-order chi connectivity index (χ0) is 15.5. The van der Waals surface area contributed by atoms with Crippen LogP contribution in [0, 0.1) is 0 Å². The van der Waals surface area contributed by atoms with Crippen LogP contribution in [0.1, 0.15) is 33.3 Å². The van der Waals surface area contributed by atoms with Gasteiger partial charge in [-0.05, 0) is 24.0 Å². The first-order valence-electron chi connectivity index (χ1n) is 7.47. The number of pyridine rings is 1. The van der Waals surface area contributed by atoms with Gasteiger partial charge in [-0.1, -0.05) is 26.8 Å². The van der Waals surface area contributed by atoms with E-state index in [1.165, 1.54) is 0 Å². The van der Waals surface area contributed by atoms with Crippen molar-refractivity contribution in [3.8, 4) is 0 Å². The molecule has 1 fully saturated rings. The Hall–Kier alpha value is -1.46. The minimum atomic E-state index is -0.169. The molecule has 1 atom stereocenters. The Morgan fingerprint density at radius 3 is 2.52 bits per heavy atom. The molecule has 1 saturated heterocycles. The number of nitrogens with zero attached hydrogens (tertiary/aromatic N) is 2. The lowest BCUT2D eigenvalue weighted by atomic mass is 9.88. The molecular formula is C16H25N3O2. The molecule has 2 heterocycles. The number of carbonyl (C=O) groups is 1. The molecule has 1 aromatic rings. The van der Waals surface area contributed by atoms with E-state index in [1.807, 2.05) is 25.3 Å². The summed E-state index contributed by atoms with van der Waals surface area (Å²) < 4.78 is 5.31. The van der Waals surface area contributed by atoms with Crippen molar-refractivity contribution in [2.24, 2.45) is 0 Å². The smallest absolute Gasteiger partial charge is 0.242 e. The molecule has 1 aromatic heterocycles. The fraction of sp³-hybridized carbons (Fsp3) is 0.625. The molecule has 1 amide bonds. The van der Waals surface area contributed by atoms with Crippen molar-refractivity contribution >= 4 is 11.7 Å². The lowest BCUT2D eigenvalue weighted by molar-refractivity contribution is -0.122. The fourth-order valence-electron chi connectivity index (χ4n) is 2.27. The van der Waals surface area contributed by atoms with Gasteiger partial charge >= 0.3 is 0 Å². The van der Waals surface area contributed by atoms with Gasteiger partial charge in [0.2, 0.25) is 5.91 Å². The van der Waals surface area contributed by atoms with Gasteiger partial charge in [-0.25, -0.2) is 4.98 Å². The maximum atomic E-state index is 12.3. The molecule has 1 unspecified atom stereocenters. The van der Waals surface area contributed by atoms with Gasteiger partial charge in [-0.15, -0.1) is 0 Å². The first-order valence-corrected chi connectivity index (χ1v) is 7.47. The number of hydrogen-bond donors (Lipinski definition) is 1. The second-order valence-corrected chi connectivity index (χ2v) is 6.50. The Balaban J connectivity index is 1.95. The van der Waals surface area contributed by atoms with Gasteiger partial charge in [0, 0.05) is 19.3 Å². The highest BCUT2D eigenvalue weighted by Crippen LogP contribution is 2.22. The molecule has 0 radical (unpaired) electrons. The maximum Gasteiger partial charge on any atom is 0.242 e. The zero-order valence-corrected chi connectivity index (χ0v) is 13.3. The molecule has 0 bridgehead atoms. The number of aromatic nitrogens is 1. The SMILES string of the molecule is CC(C(=O)Nc1ccc(C(C)(C)C)cn1)N1CCOCC1. The molecular weight excluding hydrogens is 266 g/mol. The third kappa shape index (κ3) is 4.25. The van der Waals surface area contributed by atoms with Crippen LogP contribution < -0.4 is 5.32 Å². The first-order chi connectivity index (χ1) is 9.88. The lowest BCUT2D eigenvalue weighted by Crippen LogP contribution is -2.47. The predicted molar refractivity (Wildman–Crippen MR) is 83.4 cm³/mol. The average molecular weight is 291 g/mol. The van der Waals surface area contributed by atoms with E-state index >= 15 is 0 Å². The van der Waals surface area contributed by atoms with Gasteiger partial charge in [0.1, 0.15) is 5.82 Å². The summed E-state index contributed by atoms with van der Waals surface area (Å²) >= 11 is 0. The van der Waals surface area contributed by atoms with Crippen LogP contribution in [-0.2, 0) is 14.9 Å². The van der Waals surface area contributed by atoms with E-state index in [2.05, 4.69) is 36.0 Å². The summed E-state index contributed by atoms with van der Waals surface area (Å²) in [4.78, 5) is 18.7. The highest BCUT2D eigenvalue weighted by molar-refractivity contribution is 5.93. The molecule has 5 nitrogen and oxygen atoms in total. The summed E-state index contributed by atoms with van der Waals surface area (Å²) in [7, 11) is 0. The van der Waals surface area contributed by atoms with Crippen molar-refractivity contribution in [2.75, 3.05) is 31.6 Å². The number of anilines is 1. The van der Waals surface area contributed by atoms with Crippen LogP contribution in [-0.4, -0.2) is 48.1 Å². The molecule has 5 heteroatoms. The first kappa shape index (κ1) is 15.9. The summed E-state index contributed by atoms with van der Waals surface area (Å²) in [6.45, 7) is 11.3. The minimum absolute atomic E-state index is 0.0205. The summed E-state index contributed by atoms with van der Waals surface area (Å²) in [5.41, 5.74) is 1.22. The molecule has 2 rings (SSSR count). The molecule has 1 aliphatic rings. The standard InChI is InChI=1S/C16H25N3O2/c1-12(19-7-9-21-10-8-19)15(20)18-14-6-5-13(11-17-14)16(2,3)4/h5-6,11-12H,7-10H2,1-4H3,(H,17,18,20). The number of carbonyl (C=O) groups excluding carboxylic acids is 1. The van der Waals surface area contributed by atoms with E-state index in [-0.39, 0.29) is 17.4 Å². The van der Waals surface area contributed by atoms with Gasteiger partial charge in [0.05, 0.1) is 19.3 Å². The lowest BCUT2D eigenvalue weighted by Gasteiger charge is -2.31. The van der Waals surface area contributed by atoms with Gasteiger partial charge in [0.25, 0.3) is 0 Å². The van der Waals surface area contributed by atoms with E-state index in [0.29, 0.717) is 19.0 Å². The van der Waals surface area contributed by atoms with E-state index in [4.69, 9.17) is 4.74 Å². The van der Waals surface area contributed by atoms with Crippen LogP contribution in [0.3, 0.4) is 0 Å². The van der Waals surface area contributed by atoms with Gasteiger partial charge < -0.3 is 10.1 Å². The number of nitrogens with one attached hydrogen (secondary N) is 1. The molecule has 0 aliphatic carbocycles. The van der Waals surface area contributed by atoms with Crippen LogP contribution in [0.5, 0.6) is 0 Å². The highest BCUT2D eigenvalue weighted by atomic mass is 16.5.